The quantitative estimate of drug-likeness (QED) is 0.719. The van der Waals surface area contributed by atoms with Gasteiger partial charge in [-0.3, -0.25) is 8.99 Å². The molecular weight excluding hydrogens is 403 g/mol. The van der Waals surface area contributed by atoms with Gasteiger partial charge in [0, 0.05) is 13.1 Å². The summed E-state index contributed by atoms with van der Waals surface area (Å²) < 4.78 is 68.6. The van der Waals surface area contributed by atoms with Crippen molar-refractivity contribution in [2.75, 3.05) is 4.31 Å². The second-order valence-corrected chi connectivity index (χ2v) is 8.87. The molecular formula is C17H19ClF3N3O2S. The molecule has 148 valence electrons. The van der Waals surface area contributed by atoms with Gasteiger partial charge in [-0.1, -0.05) is 17.7 Å². The molecule has 1 aromatic carbocycles. The smallest absolute Gasteiger partial charge is 0.263 e. The Labute approximate surface area is 160 Å². The molecule has 1 aromatic heterocycles. The van der Waals surface area contributed by atoms with Crippen LogP contribution in [0, 0.1) is 12.8 Å². The van der Waals surface area contributed by atoms with E-state index < -0.39 is 27.8 Å². The molecule has 1 aliphatic rings. The first kappa shape index (κ1) is 20.0. The zero-order chi connectivity index (χ0) is 20.1. The van der Waals surface area contributed by atoms with E-state index in [1.807, 2.05) is 0 Å². The summed E-state index contributed by atoms with van der Waals surface area (Å²) in [6.07, 6.45) is -2.92. The third-order valence-corrected chi connectivity index (χ3v) is 7.33. The van der Waals surface area contributed by atoms with Crippen LogP contribution < -0.4 is 4.31 Å². The molecule has 3 rings (SSSR count). The van der Waals surface area contributed by atoms with Crippen LogP contribution in [0.3, 0.4) is 0 Å². The monoisotopic (exact) mass is 421 g/mol. The van der Waals surface area contributed by atoms with Crippen LogP contribution in [0.25, 0.3) is 0 Å². The van der Waals surface area contributed by atoms with Crippen molar-refractivity contribution in [1.82, 2.24) is 9.78 Å². The van der Waals surface area contributed by atoms with Gasteiger partial charge in [0.05, 0.1) is 16.9 Å². The molecule has 10 heteroatoms. The summed E-state index contributed by atoms with van der Waals surface area (Å²) in [5.74, 6) is 0.0880. The van der Waals surface area contributed by atoms with Crippen LogP contribution in [0.4, 0.5) is 18.9 Å². The maximum Gasteiger partial charge on any atom is 0.416 e. The average molecular weight is 422 g/mol. The lowest BCUT2D eigenvalue weighted by molar-refractivity contribution is -0.137. The highest BCUT2D eigenvalue weighted by molar-refractivity contribution is 7.93. The number of halogens is 4. The van der Waals surface area contributed by atoms with Gasteiger partial charge in [0.15, 0.2) is 0 Å². The Hall–Kier alpha value is -1.74. The van der Waals surface area contributed by atoms with E-state index in [9.17, 15) is 21.6 Å². The zero-order valence-corrected chi connectivity index (χ0v) is 16.5. The van der Waals surface area contributed by atoms with Crippen molar-refractivity contribution >= 4 is 27.3 Å². The summed E-state index contributed by atoms with van der Waals surface area (Å²) in [6, 6.07) is 3.84. The van der Waals surface area contributed by atoms with Crippen molar-refractivity contribution in [2.45, 2.75) is 43.8 Å². The fourth-order valence-electron chi connectivity index (χ4n) is 3.18. The highest BCUT2D eigenvalue weighted by Gasteiger charge is 2.41. The lowest BCUT2D eigenvalue weighted by Crippen LogP contribution is -2.40. The zero-order valence-electron chi connectivity index (χ0n) is 15.0. The van der Waals surface area contributed by atoms with Gasteiger partial charge in [-0.05, 0) is 50.8 Å². The number of hydrogen-bond donors (Lipinski definition) is 0. The normalized spacial score (nSPS) is 16.4. The van der Waals surface area contributed by atoms with Gasteiger partial charge >= 0.3 is 6.18 Å². The molecule has 27 heavy (non-hydrogen) atoms. The molecule has 2 aromatic rings. The van der Waals surface area contributed by atoms with Crippen LogP contribution in [0.1, 0.15) is 31.0 Å². The van der Waals surface area contributed by atoms with Crippen LogP contribution in [0.2, 0.25) is 5.15 Å². The number of benzene rings is 1. The van der Waals surface area contributed by atoms with Gasteiger partial charge in [-0.25, -0.2) is 8.42 Å². The van der Waals surface area contributed by atoms with E-state index in [2.05, 4.69) is 5.10 Å². The Balaban J connectivity index is 2.18. The molecule has 0 unspecified atom stereocenters. The van der Waals surface area contributed by atoms with Crippen molar-refractivity contribution in [3.63, 3.8) is 0 Å². The Bertz CT molecular complexity index is 968. The van der Waals surface area contributed by atoms with Gasteiger partial charge in [-0.15, -0.1) is 0 Å². The summed E-state index contributed by atoms with van der Waals surface area (Å²) in [4.78, 5) is -0.184. The molecule has 0 amide bonds. The minimum Gasteiger partial charge on any atom is -0.263 e. The molecule has 0 bridgehead atoms. The van der Waals surface area contributed by atoms with Crippen LogP contribution in [-0.2, 0) is 23.2 Å². The molecule has 1 atom stereocenters. The molecule has 1 aliphatic carbocycles. The highest BCUT2D eigenvalue weighted by atomic mass is 35.5. The first-order chi connectivity index (χ1) is 12.4. The third kappa shape index (κ3) is 3.67. The predicted octanol–water partition coefficient (Wildman–Crippen LogP) is 4.39. The Morgan fingerprint density at radius 1 is 1.33 bits per heavy atom. The Kier molecular flexibility index (Phi) is 4.96. The summed E-state index contributed by atoms with van der Waals surface area (Å²) in [7, 11) is -2.70. The van der Waals surface area contributed by atoms with E-state index in [4.69, 9.17) is 11.6 Å². The number of aryl methyl sites for hydroxylation is 2. The lowest BCUT2D eigenvalue weighted by atomic mass is 10.1. The number of rotatable bonds is 5. The lowest BCUT2D eigenvalue weighted by Gasteiger charge is -2.31. The van der Waals surface area contributed by atoms with Gasteiger partial charge in [0.1, 0.15) is 10.0 Å². The van der Waals surface area contributed by atoms with Crippen LogP contribution in [0.15, 0.2) is 29.2 Å². The number of nitrogens with zero attached hydrogens (tertiary/aromatic N) is 3. The Morgan fingerprint density at radius 2 is 1.96 bits per heavy atom. The van der Waals surface area contributed by atoms with E-state index in [-0.39, 0.29) is 27.3 Å². The van der Waals surface area contributed by atoms with Gasteiger partial charge in [0.25, 0.3) is 10.0 Å². The minimum absolute atomic E-state index is 0.0384. The molecule has 0 aliphatic heterocycles. The van der Waals surface area contributed by atoms with Crippen molar-refractivity contribution in [3.8, 4) is 0 Å². The average Bonchev–Trinajstić information content (AvgIpc) is 3.35. The van der Waals surface area contributed by atoms with Crippen LogP contribution in [-0.4, -0.2) is 24.2 Å². The molecule has 0 radical (unpaired) electrons. The van der Waals surface area contributed by atoms with E-state index in [1.54, 1.807) is 6.92 Å². The topological polar surface area (TPSA) is 55.2 Å². The second-order valence-electron chi connectivity index (χ2n) is 6.76. The number of aromatic nitrogens is 2. The van der Waals surface area contributed by atoms with Crippen molar-refractivity contribution in [3.05, 3.63) is 40.7 Å². The van der Waals surface area contributed by atoms with E-state index >= 15 is 0 Å². The van der Waals surface area contributed by atoms with Crippen molar-refractivity contribution < 1.29 is 21.6 Å². The third-order valence-electron chi connectivity index (χ3n) is 4.72. The number of alkyl halides is 3. The minimum atomic E-state index is -4.57. The number of hydrogen-bond acceptors (Lipinski definition) is 3. The van der Waals surface area contributed by atoms with E-state index in [1.165, 1.54) is 30.8 Å². The highest BCUT2D eigenvalue weighted by Crippen LogP contribution is 2.42. The van der Waals surface area contributed by atoms with Gasteiger partial charge in [-0.2, -0.15) is 18.3 Å². The largest absolute Gasteiger partial charge is 0.416 e. The van der Waals surface area contributed by atoms with Crippen LogP contribution in [0.5, 0.6) is 0 Å². The SMILES string of the molecule is Cc1nn(C)c(Cl)c1S(=O)(=O)N(c1cccc(C(F)(F)F)c1)[C@@H](C)C1CC1. The van der Waals surface area contributed by atoms with Crippen LogP contribution >= 0.6 is 11.6 Å². The van der Waals surface area contributed by atoms with Crippen molar-refractivity contribution in [1.29, 1.82) is 0 Å². The summed E-state index contributed by atoms with van der Waals surface area (Å²) in [5.41, 5.74) is -0.747. The molecule has 5 nitrogen and oxygen atoms in total. The number of sulfonamides is 1. The van der Waals surface area contributed by atoms with E-state index in [0.717, 1.165) is 29.3 Å². The number of anilines is 1. The standard InChI is InChI=1S/C17H19ClF3N3O2S/c1-10-15(16(18)23(3)22-10)27(25,26)24(11(2)12-7-8-12)14-6-4-5-13(9-14)17(19,20)21/h4-6,9,11-12H,7-8H2,1-3H3/t11-/m0/s1. The van der Waals surface area contributed by atoms with Gasteiger partial charge in [0.2, 0.25) is 0 Å². The molecule has 0 saturated heterocycles. The summed E-state index contributed by atoms with van der Waals surface area (Å²) >= 11 is 6.15. The fraction of sp³-hybridized carbons (Fsp3) is 0.471. The second kappa shape index (κ2) is 6.70. The first-order valence-electron chi connectivity index (χ1n) is 8.35. The molecule has 1 fully saturated rings. The maximum absolute atomic E-state index is 13.4. The molecule has 0 spiro atoms. The maximum atomic E-state index is 13.4. The Morgan fingerprint density at radius 3 is 2.44 bits per heavy atom. The van der Waals surface area contributed by atoms with Crippen molar-refractivity contribution in [2.24, 2.45) is 13.0 Å². The van der Waals surface area contributed by atoms with E-state index in [0.29, 0.717) is 0 Å². The summed E-state index contributed by atoms with van der Waals surface area (Å²) in [5, 5.41) is 3.95. The predicted molar refractivity (Wildman–Crippen MR) is 96.2 cm³/mol. The molecule has 1 saturated carbocycles. The first-order valence-corrected chi connectivity index (χ1v) is 10.2. The molecule has 1 heterocycles. The summed E-state index contributed by atoms with van der Waals surface area (Å²) in [6.45, 7) is 3.21. The molecule has 0 N–H and O–H groups in total. The fourth-order valence-corrected chi connectivity index (χ4v) is 5.61. The van der Waals surface area contributed by atoms with Gasteiger partial charge < -0.3 is 0 Å².